The average Bonchev–Trinajstić information content (AvgIpc) is 2.89. The Balaban J connectivity index is 1.69. The Kier molecular flexibility index (Phi) is 3.92. The number of benzene rings is 1. The van der Waals surface area contributed by atoms with E-state index >= 15 is 0 Å². The lowest BCUT2D eigenvalue weighted by molar-refractivity contribution is 0.377. The fourth-order valence-electron chi connectivity index (χ4n) is 2.92. The second-order valence-electron chi connectivity index (χ2n) is 6.09. The number of anilines is 1. The van der Waals surface area contributed by atoms with Crippen LogP contribution in [0.5, 0.6) is 0 Å². The normalized spacial score (nSPS) is 19.9. The Hall–Kier alpha value is -1.55. The third-order valence-corrected chi connectivity index (χ3v) is 4.01. The summed E-state index contributed by atoms with van der Waals surface area (Å²) >= 11 is 0. The van der Waals surface area contributed by atoms with Crippen molar-refractivity contribution in [2.75, 3.05) is 24.5 Å². The minimum atomic E-state index is 0.566. The fraction of sp³-hybridized carbons (Fsp3) is 0.562. The summed E-state index contributed by atoms with van der Waals surface area (Å²) in [6.07, 6.45) is 2.57. The zero-order valence-electron chi connectivity index (χ0n) is 12.4. The Bertz CT molecular complexity index is 527. The summed E-state index contributed by atoms with van der Waals surface area (Å²) in [7, 11) is 0. The largest absolute Gasteiger partial charge is 0.342 e. The number of hydrogen-bond donors (Lipinski definition) is 2. The van der Waals surface area contributed by atoms with E-state index in [1.807, 2.05) is 6.07 Å². The van der Waals surface area contributed by atoms with Crippen LogP contribution in [0.25, 0.3) is 11.0 Å². The van der Waals surface area contributed by atoms with Crippen molar-refractivity contribution in [3.8, 4) is 0 Å². The molecule has 1 unspecified atom stereocenters. The third-order valence-electron chi connectivity index (χ3n) is 4.01. The van der Waals surface area contributed by atoms with E-state index in [9.17, 15) is 0 Å². The number of nitrogens with zero attached hydrogens (tertiary/aromatic N) is 2. The van der Waals surface area contributed by atoms with Gasteiger partial charge in [-0.25, -0.2) is 4.98 Å². The molecule has 1 aromatic heterocycles. The van der Waals surface area contributed by atoms with Gasteiger partial charge < -0.3 is 15.2 Å². The van der Waals surface area contributed by atoms with Gasteiger partial charge in [-0.3, -0.25) is 0 Å². The summed E-state index contributed by atoms with van der Waals surface area (Å²) in [5.74, 6) is 1.75. The van der Waals surface area contributed by atoms with Crippen LogP contribution in [0, 0.1) is 5.92 Å². The molecule has 0 spiro atoms. The lowest BCUT2D eigenvalue weighted by Gasteiger charge is -2.33. The summed E-state index contributed by atoms with van der Waals surface area (Å²) in [4.78, 5) is 10.6. The topological polar surface area (TPSA) is 44.0 Å². The number of piperidine rings is 1. The average molecular weight is 272 g/mol. The van der Waals surface area contributed by atoms with Gasteiger partial charge in [0.25, 0.3) is 0 Å². The van der Waals surface area contributed by atoms with Crippen molar-refractivity contribution < 1.29 is 0 Å². The Morgan fingerprint density at radius 2 is 2.25 bits per heavy atom. The number of aromatic nitrogens is 2. The quantitative estimate of drug-likeness (QED) is 0.899. The van der Waals surface area contributed by atoms with Crippen molar-refractivity contribution in [2.24, 2.45) is 5.92 Å². The first-order valence-corrected chi connectivity index (χ1v) is 7.65. The number of H-pyrrole nitrogens is 1. The summed E-state index contributed by atoms with van der Waals surface area (Å²) in [5, 5.41) is 3.56. The van der Waals surface area contributed by atoms with Crippen LogP contribution in [0.2, 0.25) is 0 Å². The molecule has 1 saturated heterocycles. The molecule has 20 heavy (non-hydrogen) atoms. The van der Waals surface area contributed by atoms with Crippen molar-refractivity contribution in [1.29, 1.82) is 0 Å². The van der Waals surface area contributed by atoms with E-state index < -0.39 is 0 Å². The molecule has 2 aromatic rings. The predicted octanol–water partition coefficient (Wildman–Crippen LogP) is 2.78. The monoisotopic (exact) mass is 272 g/mol. The summed E-state index contributed by atoms with van der Waals surface area (Å²) in [6, 6.07) is 8.82. The minimum absolute atomic E-state index is 0.566. The fourth-order valence-corrected chi connectivity index (χ4v) is 2.92. The number of nitrogens with one attached hydrogen (secondary N) is 2. The molecule has 0 bridgehead atoms. The molecule has 1 atom stereocenters. The van der Waals surface area contributed by atoms with Gasteiger partial charge in [0.2, 0.25) is 5.95 Å². The lowest BCUT2D eigenvalue weighted by atomic mass is 9.98. The second kappa shape index (κ2) is 5.83. The van der Waals surface area contributed by atoms with E-state index in [-0.39, 0.29) is 0 Å². The van der Waals surface area contributed by atoms with Crippen molar-refractivity contribution in [1.82, 2.24) is 15.3 Å². The molecule has 1 aliphatic rings. The van der Waals surface area contributed by atoms with Gasteiger partial charge in [-0.05, 0) is 37.4 Å². The van der Waals surface area contributed by atoms with Gasteiger partial charge in [-0.1, -0.05) is 26.0 Å². The zero-order valence-corrected chi connectivity index (χ0v) is 12.4. The Morgan fingerprint density at radius 3 is 3.05 bits per heavy atom. The van der Waals surface area contributed by atoms with Gasteiger partial charge >= 0.3 is 0 Å². The van der Waals surface area contributed by atoms with E-state index in [2.05, 4.69) is 47.2 Å². The molecule has 0 saturated carbocycles. The van der Waals surface area contributed by atoms with Crippen LogP contribution in [0.4, 0.5) is 5.95 Å². The first-order chi connectivity index (χ1) is 9.72. The van der Waals surface area contributed by atoms with Crippen molar-refractivity contribution in [3.63, 3.8) is 0 Å². The van der Waals surface area contributed by atoms with Gasteiger partial charge in [0, 0.05) is 19.1 Å². The first kappa shape index (κ1) is 13.4. The predicted molar refractivity (Wildman–Crippen MR) is 84.2 cm³/mol. The maximum atomic E-state index is 4.72. The Morgan fingerprint density at radius 1 is 1.40 bits per heavy atom. The molecule has 3 rings (SSSR count). The molecule has 2 heterocycles. The summed E-state index contributed by atoms with van der Waals surface area (Å²) < 4.78 is 0. The van der Waals surface area contributed by atoms with Crippen LogP contribution in [-0.2, 0) is 0 Å². The zero-order chi connectivity index (χ0) is 13.9. The molecule has 1 aliphatic heterocycles. The van der Waals surface area contributed by atoms with Crippen LogP contribution in [-0.4, -0.2) is 35.6 Å². The van der Waals surface area contributed by atoms with Crippen LogP contribution in [0.15, 0.2) is 24.3 Å². The van der Waals surface area contributed by atoms with Crippen molar-refractivity contribution in [2.45, 2.75) is 32.7 Å². The van der Waals surface area contributed by atoms with Crippen LogP contribution < -0.4 is 10.2 Å². The van der Waals surface area contributed by atoms with Gasteiger partial charge in [0.1, 0.15) is 0 Å². The molecule has 1 aromatic carbocycles. The number of aromatic amines is 1. The van der Waals surface area contributed by atoms with Gasteiger partial charge in [-0.2, -0.15) is 0 Å². The number of rotatable bonds is 4. The SMILES string of the molecule is CC(C)NCC1CCCN(c2nc3ccccc3[nH]2)C1. The summed E-state index contributed by atoms with van der Waals surface area (Å²) in [6.45, 7) is 7.73. The molecular weight excluding hydrogens is 248 g/mol. The Labute approximate surface area is 120 Å². The number of para-hydroxylation sites is 2. The van der Waals surface area contributed by atoms with Gasteiger partial charge in [-0.15, -0.1) is 0 Å². The number of hydrogen-bond acceptors (Lipinski definition) is 3. The van der Waals surface area contributed by atoms with Crippen LogP contribution >= 0.6 is 0 Å². The van der Waals surface area contributed by atoms with Crippen molar-refractivity contribution >= 4 is 17.0 Å². The molecule has 108 valence electrons. The van der Waals surface area contributed by atoms with Gasteiger partial charge in [0.05, 0.1) is 11.0 Å². The number of imidazole rings is 1. The molecule has 0 radical (unpaired) electrons. The molecule has 4 heteroatoms. The van der Waals surface area contributed by atoms with E-state index in [1.165, 1.54) is 12.8 Å². The van der Waals surface area contributed by atoms with E-state index in [1.54, 1.807) is 0 Å². The minimum Gasteiger partial charge on any atom is -0.342 e. The highest BCUT2D eigenvalue weighted by molar-refractivity contribution is 5.77. The molecule has 4 nitrogen and oxygen atoms in total. The molecule has 2 N–H and O–H groups in total. The first-order valence-electron chi connectivity index (χ1n) is 7.65. The van der Waals surface area contributed by atoms with E-state index in [4.69, 9.17) is 4.98 Å². The highest BCUT2D eigenvalue weighted by Crippen LogP contribution is 2.23. The maximum absolute atomic E-state index is 4.72. The lowest BCUT2D eigenvalue weighted by Crippen LogP contribution is -2.41. The molecule has 0 amide bonds. The molecule has 1 fully saturated rings. The third kappa shape index (κ3) is 2.96. The molecule has 0 aliphatic carbocycles. The van der Waals surface area contributed by atoms with E-state index in [0.717, 1.165) is 42.5 Å². The highest BCUT2D eigenvalue weighted by atomic mass is 15.3. The summed E-state index contributed by atoms with van der Waals surface area (Å²) in [5.41, 5.74) is 2.19. The van der Waals surface area contributed by atoms with Crippen LogP contribution in [0.3, 0.4) is 0 Å². The standard InChI is InChI=1S/C16H24N4/c1-12(2)17-10-13-6-5-9-20(11-13)16-18-14-7-3-4-8-15(14)19-16/h3-4,7-8,12-13,17H,5-6,9-11H2,1-2H3,(H,18,19). The smallest absolute Gasteiger partial charge is 0.203 e. The highest BCUT2D eigenvalue weighted by Gasteiger charge is 2.22. The number of fused-ring (bicyclic) bond motifs is 1. The maximum Gasteiger partial charge on any atom is 0.203 e. The van der Waals surface area contributed by atoms with Gasteiger partial charge in [0.15, 0.2) is 0 Å². The van der Waals surface area contributed by atoms with Crippen LogP contribution in [0.1, 0.15) is 26.7 Å². The molecular formula is C16H24N4. The van der Waals surface area contributed by atoms with E-state index in [0.29, 0.717) is 6.04 Å². The van der Waals surface area contributed by atoms with Crippen molar-refractivity contribution in [3.05, 3.63) is 24.3 Å². The second-order valence-corrected chi connectivity index (χ2v) is 6.09.